The first-order valence-electron chi connectivity index (χ1n) is 19.8. The molecule has 320 valence electrons. The molecular formula is C41H51ClF4N8O4S. The first kappa shape index (κ1) is 45.7. The lowest BCUT2D eigenvalue weighted by Crippen LogP contribution is -2.58. The van der Waals surface area contributed by atoms with Crippen molar-refractivity contribution in [2.75, 3.05) is 41.7 Å². The molecule has 1 unspecified atom stereocenters. The van der Waals surface area contributed by atoms with Gasteiger partial charge in [0.15, 0.2) is 5.11 Å². The quantitative estimate of drug-likeness (QED) is 0.131. The van der Waals surface area contributed by atoms with Crippen molar-refractivity contribution in [3.8, 4) is 6.07 Å². The SMILES string of the molecule is C[C@@H]1CN(CCCC2CCC(N3C(=S)N(c4ccc(C#N)c(C(F)(F)F)c4)C(=O)C3(C)C)CC2)C[C@H](C)N1CC(=O)Nc1cc(NC2CCC(=O)NC2=O)ccc1F.Cl. The third-order valence-corrected chi connectivity index (χ3v) is 12.4. The van der Waals surface area contributed by atoms with Crippen LogP contribution in [-0.4, -0.2) is 99.3 Å². The number of hydrogen-bond acceptors (Lipinski definition) is 9. The first-order valence-corrected chi connectivity index (χ1v) is 20.2. The normalized spacial score (nSPS) is 25.3. The lowest BCUT2D eigenvalue weighted by atomic mass is 9.82. The number of rotatable bonds is 11. The summed E-state index contributed by atoms with van der Waals surface area (Å²) in [6.45, 7) is 10.2. The van der Waals surface area contributed by atoms with Gasteiger partial charge in [0.2, 0.25) is 17.7 Å². The third-order valence-electron chi connectivity index (χ3n) is 12.0. The minimum Gasteiger partial charge on any atom is -0.374 e. The number of alkyl halides is 3. The fourth-order valence-electron chi connectivity index (χ4n) is 9.01. The van der Waals surface area contributed by atoms with Crippen LogP contribution in [0.1, 0.15) is 90.2 Å². The Labute approximate surface area is 353 Å². The van der Waals surface area contributed by atoms with Crippen LogP contribution < -0.4 is 20.9 Å². The molecule has 6 rings (SSSR count). The lowest BCUT2D eigenvalue weighted by molar-refractivity contribution is -0.138. The highest BCUT2D eigenvalue weighted by molar-refractivity contribution is 7.80. The molecule has 4 aliphatic rings. The fraction of sp³-hybridized carbons (Fsp3) is 0.561. The van der Waals surface area contributed by atoms with Crippen LogP contribution >= 0.6 is 24.6 Å². The molecule has 2 aromatic carbocycles. The van der Waals surface area contributed by atoms with Crippen LogP contribution in [-0.2, 0) is 25.4 Å². The summed E-state index contributed by atoms with van der Waals surface area (Å²) < 4.78 is 55.9. The number of nitrogens with one attached hydrogen (secondary N) is 3. The van der Waals surface area contributed by atoms with E-state index in [9.17, 15) is 42.0 Å². The largest absolute Gasteiger partial charge is 0.417 e. The van der Waals surface area contributed by atoms with Gasteiger partial charge in [-0.2, -0.15) is 18.4 Å². The molecule has 3 heterocycles. The Balaban J connectivity index is 0.00000661. The predicted molar refractivity (Wildman–Crippen MR) is 221 cm³/mol. The second-order valence-corrected chi connectivity index (χ2v) is 16.9. The molecular weight excluding hydrogens is 812 g/mol. The van der Waals surface area contributed by atoms with Crippen LogP contribution in [0.3, 0.4) is 0 Å². The number of carbonyl (C=O) groups excluding carboxylic acids is 4. The molecule has 4 amide bonds. The molecule has 0 bridgehead atoms. The number of hydrogen-bond donors (Lipinski definition) is 3. The van der Waals surface area contributed by atoms with Crippen LogP contribution in [0.5, 0.6) is 0 Å². The van der Waals surface area contributed by atoms with E-state index in [1.807, 2.05) is 4.90 Å². The summed E-state index contributed by atoms with van der Waals surface area (Å²) in [4.78, 5) is 58.0. The van der Waals surface area contributed by atoms with Crippen molar-refractivity contribution >= 4 is 70.4 Å². The zero-order valence-corrected chi connectivity index (χ0v) is 35.2. The summed E-state index contributed by atoms with van der Waals surface area (Å²) in [6.07, 6.45) is 1.27. The first-order chi connectivity index (χ1) is 27.4. The van der Waals surface area contributed by atoms with E-state index in [0.717, 1.165) is 70.3 Å². The number of imide groups is 1. The van der Waals surface area contributed by atoms with Gasteiger partial charge < -0.3 is 20.4 Å². The molecule has 0 radical (unpaired) electrons. The molecule has 18 heteroatoms. The van der Waals surface area contributed by atoms with Crippen LogP contribution in [0.25, 0.3) is 0 Å². The number of amides is 4. The smallest absolute Gasteiger partial charge is 0.374 e. The Hall–Kier alpha value is -4.37. The van der Waals surface area contributed by atoms with E-state index in [4.69, 9.17) is 12.2 Å². The predicted octanol–water partition coefficient (Wildman–Crippen LogP) is 6.44. The molecule has 3 atom stereocenters. The molecule has 4 fully saturated rings. The summed E-state index contributed by atoms with van der Waals surface area (Å²) in [5, 5.41) is 17.4. The Morgan fingerprint density at radius 2 is 1.69 bits per heavy atom. The van der Waals surface area contributed by atoms with E-state index >= 15 is 0 Å². The molecule has 2 aromatic rings. The highest BCUT2D eigenvalue weighted by Crippen LogP contribution is 2.41. The number of carbonyl (C=O) groups is 4. The summed E-state index contributed by atoms with van der Waals surface area (Å²) in [5.41, 5.74) is -2.21. The summed E-state index contributed by atoms with van der Waals surface area (Å²) in [7, 11) is 0. The molecule has 3 saturated heterocycles. The van der Waals surface area contributed by atoms with E-state index in [-0.39, 0.29) is 71.8 Å². The molecule has 0 spiro atoms. The monoisotopic (exact) mass is 862 g/mol. The highest BCUT2D eigenvalue weighted by atomic mass is 35.5. The van der Waals surface area contributed by atoms with E-state index in [1.165, 1.54) is 29.2 Å². The van der Waals surface area contributed by atoms with E-state index < -0.39 is 46.5 Å². The Morgan fingerprint density at radius 1 is 1.02 bits per heavy atom. The summed E-state index contributed by atoms with van der Waals surface area (Å²) in [5.74, 6) is -1.63. The Bertz CT molecular complexity index is 1980. The van der Waals surface area contributed by atoms with Crippen molar-refractivity contribution in [1.82, 2.24) is 20.0 Å². The zero-order chi connectivity index (χ0) is 42.1. The van der Waals surface area contributed by atoms with Gasteiger partial charge >= 0.3 is 6.18 Å². The number of piperazine rings is 1. The van der Waals surface area contributed by atoms with Gasteiger partial charge in [0.1, 0.15) is 17.4 Å². The van der Waals surface area contributed by atoms with Crippen molar-refractivity contribution in [3.63, 3.8) is 0 Å². The number of thiocarbonyl (C=S) groups is 1. The fourth-order valence-corrected chi connectivity index (χ4v) is 9.57. The van der Waals surface area contributed by atoms with Crippen molar-refractivity contribution in [1.29, 1.82) is 5.26 Å². The second-order valence-electron chi connectivity index (χ2n) is 16.5. The third kappa shape index (κ3) is 10.2. The van der Waals surface area contributed by atoms with Crippen LogP contribution in [0, 0.1) is 23.1 Å². The molecule has 1 aliphatic carbocycles. The number of halogens is 5. The lowest BCUT2D eigenvalue weighted by Gasteiger charge is -2.44. The van der Waals surface area contributed by atoms with Gasteiger partial charge in [-0.25, -0.2) is 4.39 Å². The maximum Gasteiger partial charge on any atom is 0.417 e. The van der Waals surface area contributed by atoms with Gasteiger partial charge in [0.25, 0.3) is 5.91 Å². The van der Waals surface area contributed by atoms with E-state index in [0.29, 0.717) is 18.0 Å². The second kappa shape index (κ2) is 18.5. The molecule has 0 aromatic heterocycles. The zero-order valence-electron chi connectivity index (χ0n) is 33.5. The Morgan fingerprint density at radius 3 is 2.32 bits per heavy atom. The number of nitrogens with zero attached hydrogens (tertiary/aromatic N) is 5. The number of anilines is 3. The molecule has 3 aliphatic heterocycles. The average Bonchev–Trinajstić information content (AvgIpc) is 3.34. The van der Waals surface area contributed by atoms with E-state index in [2.05, 4.69) is 39.6 Å². The molecule has 59 heavy (non-hydrogen) atoms. The minimum atomic E-state index is -4.76. The van der Waals surface area contributed by atoms with Gasteiger partial charge in [-0.1, -0.05) is 0 Å². The van der Waals surface area contributed by atoms with Crippen molar-refractivity contribution < 1.29 is 36.7 Å². The molecule has 3 N–H and O–H groups in total. The minimum absolute atomic E-state index is 0. The van der Waals surface area contributed by atoms with Gasteiger partial charge in [-0.05, 0) is 134 Å². The van der Waals surface area contributed by atoms with Crippen LogP contribution in [0.15, 0.2) is 36.4 Å². The van der Waals surface area contributed by atoms with Crippen molar-refractivity contribution in [3.05, 3.63) is 53.3 Å². The van der Waals surface area contributed by atoms with Crippen molar-refractivity contribution in [2.45, 2.75) is 115 Å². The standard InChI is InChI=1S/C41H50F4N8O4S.ClH/c1-24-21-50(22-25(2)51(24)23-36(55)48-34-18-28(10-14-32(34)42)47-33-15-16-35(54)49-37(33)56)17-5-6-26-7-11-29(12-8-26)53-39(58)52(38(57)40(53,3)4)30-13-9-27(20-46)31(19-30)41(43,44)45;/h9-10,13-14,18-19,24-26,29,33,47H,5-8,11-12,15-17,21-23H2,1-4H3,(H,48,55)(H,49,54,56);1H/t24-,25+,26?,29?,33?;. The number of piperidine rings is 1. The molecule has 12 nitrogen and oxygen atoms in total. The number of nitriles is 1. The Kier molecular flexibility index (Phi) is 14.3. The topological polar surface area (TPSA) is 141 Å². The maximum atomic E-state index is 14.7. The van der Waals surface area contributed by atoms with Crippen LogP contribution in [0.2, 0.25) is 0 Å². The van der Waals surface area contributed by atoms with Crippen LogP contribution in [0.4, 0.5) is 34.6 Å². The van der Waals surface area contributed by atoms with Gasteiger partial charge in [0.05, 0.1) is 35.1 Å². The maximum absolute atomic E-state index is 14.7. The van der Waals surface area contributed by atoms with E-state index in [1.54, 1.807) is 19.9 Å². The van der Waals surface area contributed by atoms with Gasteiger partial charge in [0, 0.05) is 43.3 Å². The summed E-state index contributed by atoms with van der Waals surface area (Å²) in [6, 6.07) is 8.46. The average molecular weight is 863 g/mol. The van der Waals surface area contributed by atoms with Gasteiger partial charge in [-0.15, -0.1) is 12.4 Å². The summed E-state index contributed by atoms with van der Waals surface area (Å²) >= 11 is 5.76. The van der Waals surface area contributed by atoms with Crippen molar-refractivity contribution in [2.24, 2.45) is 5.92 Å². The number of benzene rings is 2. The highest BCUT2D eigenvalue weighted by Gasteiger charge is 2.52. The van der Waals surface area contributed by atoms with Gasteiger partial charge in [-0.3, -0.25) is 34.3 Å². The molecule has 1 saturated carbocycles.